The molecule has 0 fully saturated rings. The molecular weight excluding hydrogens is 174 g/mol. The predicted molar refractivity (Wildman–Crippen MR) is 60.2 cm³/mol. The highest BCUT2D eigenvalue weighted by Gasteiger charge is 2.20. The molecule has 0 atom stereocenters. The van der Waals surface area contributed by atoms with Crippen molar-refractivity contribution in [3.63, 3.8) is 0 Å². The van der Waals surface area contributed by atoms with Crippen molar-refractivity contribution in [1.29, 1.82) is 0 Å². The van der Waals surface area contributed by atoms with Gasteiger partial charge in [0, 0.05) is 0 Å². The first-order valence-corrected chi connectivity index (χ1v) is 5.15. The molecule has 0 spiro atoms. The van der Waals surface area contributed by atoms with Gasteiger partial charge >= 0.3 is 0 Å². The lowest BCUT2D eigenvalue weighted by atomic mass is 10.0. The van der Waals surface area contributed by atoms with Crippen molar-refractivity contribution < 1.29 is 0 Å². The average Bonchev–Trinajstić information content (AvgIpc) is 2.30. The lowest BCUT2D eigenvalue weighted by molar-refractivity contribution is 0.339. The van der Waals surface area contributed by atoms with Crippen molar-refractivity contribution in [2.24, 2.45) is 5.92 Å². The molecule has 1 aromatic heterocycles. The second-order valence-electron chi connectivity index (χ2n) is 5.23. The van der Waals surface area contributed by atoms with E-state index in [2.05, 4.69) is 39.7 Å². The molecule has 0 bridgehead atoms. The van der Waals surface area contributed by atoms with Gasteiger partial charge in [0.05, 0.1) is 23.1 Å². The van der Waals surface area contributed by atoms with Crippen LogP contribution in [0.15, 0.2) is 6.20 Å². The van der Waals surface area contributed by atoms with Crippen LogP contribution in [0, 0.1) is 5.92 Å². The summed E-state index contributed by atoms with van der Waals surface area (Å²) in [6.45, 7) is 10.8. The Morgan fingerprint density at radius 1 is 1.43 bits per heavy atom. The zero-order valence-corrected chi connectivity index (χ0v) is 9.83. The minimum absolute atomic E-state index is 0.0157. The molecule has 0 aliphatic heterocycles. The molecule has 0 radical (unpaired) electrons. The van der Waals surface area contributed by atoms with Crippen molar-refractivity contribution in [2.45, 2.75) is 46.6 Å². The number of hydrogen-bond acceptors (Lipinski definition) is 2. The van der Waals surface area contributed by atoms with E-state index in [4.69, 9.17) is 5.73 Å². The van der Waals surface area contributed by atoms with Crippen molar-refractivity contribution in [2.75, 3.05) is 5.73 Å². The summed E-state index contributed by atoms with van der Waals surface area (Å²) in [7, 11) is 0. The molecule has 0 aliphatic carbocycles. The zero-order chi connectivity index (χ0) is 10.9. The van der Waals surface area contributed by atoms with Crippen LogP contribution in [0.25, 0.3) is 0 Å². The monoisotopic (exact) mass is 195 g/mol. The van der Waals surface area contributed by atoms with Gasteiger partial charge in [0.2, 0.25) is 0 Å². The first-order chi connectivity index (χ1) is 6.32. The zero-order valence-electron chi connectivity index (χ0n) is 9.83. The quantitative estimate of drug-likeness (QED) is 0.787. The predicted octanol–water partition coefficient (Wildman–Crippen LogP) is 2.42. The SMILES string of the molecule is CC(C)Cc1c(N)cnn1C(C)(C)C. The van der Waals surface area contributed by atoms with E-state index in [1.54, 1.807) is 6.20 Å². The molecule has 80 valence electrons. The molecule has 3 heteroatoms. The number of nitrogen functional groups attached to an aromatic ring is 1. The molecule has 0 aromatic carbocycles. The first-order valence-electron chi connectivity index (χ1n) is 5.15. The maximum atomic E-state index is 5.90. The standard InChI is InChI=1S/C11H21N3/c1-8(2)6-10-9(12)7-13-14(10)11(3,4)5/h7-8H,6,12H2,1-5H3. The van der Waals surface area contributed by atoms with Gasteiger partial charge in [-0.1, -0.05) is 13.8 Å². The Morgan fingerprint density at radius 2 is 2.00 bits per heavy atom. The maximum absolute atomic E-state index is 5.90. The van der Waals surface area contributed by atoms with Crippen molar-refractivity contribution in [3.8, 4) is 0 Å². The summed E-state index contributed by atoms with van der Waals surface area (Å²) in [5.74, 6) is 0.607. The van der Waals surface area contributed by atoms with E-state index < -0.39 is 0 Å². The molecule has 0 saturated heterocycles. The third-order valence-electron chi connectivity index (χ3n) is 2.14. The van der Waals surface area contributed by atoms with E-state index in [-0.39, 0.29) is 5.54 Å². The van der Waals surface area contributed by atoms with Gasteiger partial charge in [-0.15, -0.1) is 0 Å². The summed E-state index contributed by atoms with van der Waals surface area (Å²) in [6.07, 6.45) is 2.74. The smallest absolute Gasteiger partial charge is 0.0733 e. The van der Waals surface area contributed by atoms with E-state index in [1.807, 2.05) is 4.68 Å². The lowest BCUT2D eigenvalue weighted by Crippen LogP contribution is -2.26. The van der Waals surface area contributed by atoms with Crippen LogP contribution < -0.4 is 5.73 Å². The number of nitrogens with zero attached hydrogens (tertiary/aromatic N) is 2. The number of nitrogens with two attached hydrogens (primary N) is 1. The highest BCUT2D eigenvalue weighted by Crippen LogP contribution is 2.22. The van der Waals surface area contributed by atoms with Crippen LogP contribution in [0.3, 0.4) is 0 Å². The fraction of sp³-hybridized carbons (Fsp3) is 0.727. The Bertz CT molecular complexity index is 305. The van der Waals surface area contributed by atoms with E-state index >= 15 is 0 Å². The summed E-state index contributed by atoms with van der Waals surface area (Å²) in [4.78, 5) is 0. The van der Waals surface area contributed by atoms with E-state index in [0.29, 0.717) is 5.92 Å². The highest BCUT2D eigenvalue weighted by atomic mass is 15.3. The largest absolute Gasteiger partial charge is 0.396 e. The second kappa shape index (κ2) is 3.64. The van der Waals surface area contributed by atoms with Gasteiger partial charge in [-0.05, 0) is 33.1 Å². The minimum atomic E-state index is 0.0157. The fourth-order valence-corrected chi connectivity index (χ4v) is 1.56. The molecule has 3 nitrogen and oxygen atoms in total. The minimum Gasteiger partial charge on any atom is -0.396 e. The first kappa shape index (κ1) is 11.1. The van der Waals surface area contributed by atoms with Gasteiger partial charge in [-0.3, -0.25) is 4.68 Å². The Hall–Kier alpha value is -0.990. The molecule has 14 heavy (non-hydrogen) atoms. The number of anilines is 1. The molecular formula is C11H21N3. The van der Waals surface area contributed by atoms with Crippen LogP contribution in [0.4, 0.5) is 5.69 Å². The van der Waals surface area contributed by atoms with Gasteiger partial charge in [-0.25, -0.2) is 0 Å². The Morgan fingerprint density at radius 3 is 2.43 bits per heavy atom. The van der Waals surface area contributed by atoms with Gasteiger partial charge in [0.25, 0.3) is 0 Å². The van der Waals surface area contributed by atoms with Gasteiger partial charge in [0.15, 0.2) is 0 Å². The van der Waals surface area contributed by atoms with Crippen LogP contribution in [0.5, 0.6) is 0 Å². The van der Waals surface area contributed by atoms with Crippen molar-refractivity contribution in [3.05, 3.63) is 11.9 Å². The normalized spacial score (nSPS) is 12.4. The summed E-state index contributed by atoms with van der Waals surface area (Å²) in [6, 6.07) is 0. The summed E-state index contributed by atoms with van der Waals surface area (Å²) in [5.41, 5.74) is 7.89. The van der Waals surface area contributed by atoms with Crippen LogP contribution in [0.1, 0.15) is 40.3 Å². The lowest BCUT2D eigenvalue weighted by Gasteiger charge is -2.23. The third-order valence-corrected chi connectivity index (χ3v) is 2.14. The van der Waals surface area contributed by atoms with E-state index in [9.17, 15) is 0 Å². The van der Waals surface area contributed by atoms with Crippen LogP contribution in [0.2, 0.25) is 0 Å². The molecule has 2 N–H and O–H groups in total. The topological polar surface area (TPSA) is 43.8 Å². The van der Waals surface area contributed by atoms with Crippen LogP contribution in [-0.2, 0) is 12.0 Å². The van der Waals surface area contributed by atoms with Crippen molar-refractivity contribution >= 4 is 5.69 Å². The highest BCUT2D eigenvalue weighted by molar-refractivity contribution is 5.41. The summed E-state index contributed by atoms with van der Waals surface area (Å²) < 4.78 is 2.03. The second-order valence-corrected chi connectivity index (χ2v) is 5.23. The number of aromatic nitrogens is 2. The van der Waals surface area contributed by atoms with E-state index in [0.717, 1.165) is 17.8 Å². The third kappa shape index (κ3) is 2.28. The van der Waals surface area contributed by atoms with Gasteiger partial charge in [-0.2, -0.15) is 5.10 Å². The fourth-order valence-electron chi connectivity index (χ4n) is 1.56. The number of hydrogen-bond donors (Lipinski definition) is 1. The van der Waals surface area contributed by atoms with Crippen LogP contribution in [-0.4, -0.2) is 9.78 Å². The molecule has 0 amide bonds. The molecule has 0 saturated carbocycles. The summed E-state index contributed by atoms with van der Waals surface area (Å²) >= 11 is 0. The van der Waals surface area contributed by atoms with E-state index in [1.165, 1.54) is 0 Å². The van der Waals surface area contributed by atoms with Crippen LogP contribution >= 0.6 is 0 Å². The average molecular weight is 195 g/mol. The maximum Gasteiger partial charge on any atom is 0.0733 e. The Labute approximate surface area is 86.3 Å². The number of rotatable bonds is 2. The van der Waals surface area contributed by atoms with Crippen molar-refractivity contribution in [1.82, 2.24) is 9.78 Å². The molecule has 0 aliphatic rings. The van der Waals surface area contributed by atoms with Gasteiger partial charge < -0.3 is 5.73 Å². The Balaban J connectivity index is 3.06. The molecule has 1 aromatic rings. The summed E-state index contributed by atoms with van der Waals surface area (Å²) in [5, 5.41) is 4.33. The Kier molecular flexibility index (Phi) is 2.88. The van der Waals surface area contributed by atoms with Gasteiger partial charge in [0.1, 0.15) is 0 Å². The molecule has 1 heterocycles. The molecule has 0 unspecified atom stereocenters. The molecule has 1 rings (SSSR count).